The van der Waals surface area contributed by atoms with Crippen LogP contribution in [0.25, 0.3) is 0 Å². The van der Waals surface area contributed by atoms with Crippen molar-refractivity contribution in [1.29, 1.82) is 0 Å². The minimum absolute atomic E-state index is 0. The highest BCUT2D eigenvalue weighted by Crippen LogP contribution is 2.10. The Balaban J connectivity index is 0.00000242. The van der Waals surface area contributed by atoms with Crippen LogP contribution in [0.3, 0.4) is 0 Å². The van der Waals surface area contributed by atoms with Gasteiger partial charge in [-0.2, -0.15) is 0 Å². The highest BCUT2D eigenvalue weighted by atomic mass is 127. The van der Waals surface area contributed by atoms with Crippen molar-refractivity contribution in [3.8, 4) is 0 Å². The molecule has 6 heteroatoms. The van der Waals surface area contributed by atoms with Crippen LogP contribution >= 0.6 is 35.6 Å². The molecular weight excluding hydrogens is 411 g/mol. The molecule has 0 unspecified atom stereocenters. The van der Waals surface area contributed by atoms with Gasteiger partial charge in [-0.25, -0.2) is 0 Å². The standard InChI is InChI=1S/C16H25ClN4.HI/c1-18-16(19-8-5-11-21-9-2-3-10-21)20-13-14-6-4-7-15(17)12-14;/h4,6-7,12H,2-3,5,8-11,13H2,1H3,(H2,18,19,20);1H. The monoisotopic (exact) mass is 436 g/mol. The molecular formula is C16H26ClIN4. The fraction of sp³-hybridized carbons (Fsp3) is 0.562. The van der Waals surface area contributed by atoms with Crippen molar-refractivity contribution in [1.82, 2.24) is 15.5 Å². The maximum absolute atomic E-state index is 5.98. The average Bonchev–Trinajstić information content (AvgIpc) is 3.00. The molecule has 0 aromatic heterocycles. The van der Waals surface area contributed by atoms with Crippen molar-refractivity contribution in [3.05, 3.63) is 34.9 Å². The topological polar surface area (TPSA) is 39.7 Å². The smallest absolute Gasteiger partial charge is 0.191 e. The molecule has 0 bridgehead atoms. The molecule has 2 rings (SSSR count). The summed E-state index contributed by atoms with van der Waals surface area (Å²) >= 11 is 5.98. The lowest BCUT2D eigenvalue weighted by atomic mass is 10.2. The summed E-state index contributed by atoms with van der Waals surface area (Å²) in [6.45, 7) is 5.39. The first-order valence-corrected chi connectivity index (χ1v) is 8.07. The lowest BCUT2D eigenvalue weighted by Gasteiger charge is -2.16. The first kappa shape index (κ1) is 19.5. The van der Waals surface area contributed by atoms with E-state index in [0.29, 0.717) is 0 Å². The maximum Gasteiger partial charge on any atom is 0.191 e. The number of halogens is 2. The Kier molecular flexibility index (Phi) is 9.82. The van der Waals surface area contributed by atoms with Crippen LogP contribution in [-0.2, 0) is 6.54 Å². The molecule has 2 N–H and O–H groups in total. The van der Waals surface area contributed by atoms with Crippen LogP contribution in [0.5, 0.6) is 0 Å². The van der Waals surface area contributed by atoms with Gasteiger partial charge in [0.15, 0.2) is 5.96 Å². The summed E-state index contributed by atoms with van der Waals surface area (Å²) in [5.41, 5.74) is 1.16. The summed E-state index contributed by atoms with van der Waals surface area (Å²) in [6, 6.07) is 7.87. The quantitative estimate of drug-likeness (QED) is 0.311. The Bertz CT molecular complexity index is 461. The fourth-order valence-corrected chi connectivity index (χ4v) is 2.78. The fourth-order valence-electron chi connectivity index (χ4n) is 2.57. The van der Waals surface area contributed by atoms with Gasteiger partial charge >= 0.3 is 0 Å². The Hall–Kier alpha value is -0.530. The van der Waals surface area contributed by atoms with Crippen LogP contribution in [0.15, 0.2) is 29.3 Å². The van der Waals surface area contributed by atoms with Gasteiger partial charge < -0.3 is 15.5 Å². The van der Waals surface area contributed by atoms with E-state index in [4.69, 9.17) is 11.6 Å². The van der Waals surface area contributed by atoms with E-state index in [1.807, 2.05) is 18.2 Å². The normalized spacial score (nSPS) is 15.5. The van der Waals surface area contributed by atoms with Gasteiger partial charge in [0.2, 0.25) is 0 Å². The van der Waals surface area contributed by atoms with E-state index >= 15 is 0 Å². The second-order valence-corrected chi connectivity index (χ2v) is 5.82. The minimum atomic E-state index is 0. The zero-order chi connectivity index (χ0) is 14.9. The van der Waals surface area contributed by atoms with Crippen LogP contribution in [0, 0.1) is 0 Å². The number of likely N-dealkylation sites (tertiary alicyclic amines) is 1. The largest absolute Gasteiger partial charge is 0.356 e. The summed E-state index contributed by atoms with van der Waals surface area (Å²) < 4.78 is 0. The first-order valence-electron chi connectivity index (χ1n) is 7.69. The van der Waals surface area contributed by atoms with E-state index < -0.39 is 0 Å². The lowest BCUT2D eigenvalue weighted by Crippen LogP contribution is -2.38. The molecule has 0 atom stereocenters. The molecule has 0 amide bonds. The Morgan fingerprint density at radius 2 is 2.05 bits per heavy atom. The molecule has 0 aliphatic carbocycles. The molecule has 1 aromatic rings. The molecule has 1 aliphatic heterocycles. The van der Waals surface area contributed by atoms with Gasteiger partial charge in [0.1, 0.15) is 0 Å². The van der Waals surface area contributed by atoms with Gasteiger partial charge in [0.25, 0.3) is 0 Å². The highest BCUT2D eigenvalue weighted by molar-refractivity contribution is 14.0. The summed E-state index contributed by atoms with van der Waals surface area (Å²) in [7, 11) is 1.80. The number of nitrogens with one attached hydrogen (secondary N) is 2. The number of aliphatic imine (C=N–C) groups is 1. The van der Waals surface area contributed by atoms with E-state index in [1.165, 1.54) is 32.5 Å². The number of hydrogen-bond donors (Lipinski definition) is 2. The third-order valence-corrected chi connectivity index (χ3v) is 3.95. The first-order chi connectivity index (χ1) is 10.3. The number of hydrogen-bond acceptors (Lipinski definition) is 2. The van der Waals surface area contributed by atoms with E-state index in [2.05, 4.69) is 26.6 Å². The van der Waals surface area contributed by atoms with Crippen LogP contribution in [0.2, 0.25) is 5.02 Å². The molecule has 22 heavy (non-hydrogen) atoms. The molecule has 0 radical (unpaired) electrons. The molecule has 1 saturated heterocycles. The third kappa shape index (κ3) is 7.15. The van der Waals surface area contributed by atoms with Crippen LogP contribution in [-0.4, -0.2) is 44.1 Å². The van der Waals surface area contributed by atoms with Gasteiger partial charge in [-0.3, -0.25) is 4.99 Å². The summed E-state index contributed by atoms with van der Waals surface area (Å²) in [5, 5.41) is 7.43. The number of guanidine groups is 1. The summed E-state index contributed by atoms with van der Waals surface area (Å²) in [5.74, 6) is 0.844. The Morgan fingerprint density at radius 3 is 2.73 bits per heavy atom. The summed E-state index contributed by atoms with van der Waals surface area (Å²) in [6.07, 6.45) is 3.87. The van der Waals surface area contributed by atoms with Crippen molar-refractivity contribution >= 4 is 41.5 Å². The van der Waals surface area contributed by atoms with Gasteiger partial charge in [0, 0.05) is 25.2 Å². The maximum atomic E-state index is 5.98. The number of rotatable bonds is 6. The molecule has 0 spiro atoms. The van der Waals surface area contributed by atoms with Gasteiger partial charge in [-0.05, 0) is 56.6 Å². The van der Waals surface area contributed by atoms with Crippen LogP contribution in [0.1, 0.15) is 24.8 Å². The van der Waals surface area contributed by atoms with E-state index in [1.54, 1.807) is 7.05 Å². The molecule has 1 heterocycles. The number of nitrogens with zero attached hydrogens (tertiary/aromatic N) is 2. The third-order valence-electron chi connectivity index (χ3n) is 3.71. The molecule has 0 saturated carbocycles. The van der Waals surface area contributed by atoms with Crippen molar-refractivity contribution in [2.24, 2.45) is 4.99 Å². The zero-order valence-corrected chi connectivity index (χ0v) is 16.2. The minimum Gasteiger partial charge on any atom is -0.356 e. The molecule has 4 nitrogen and oxygen atoms in total. The van der Waals surface area contributed by atoms with Gasteiger partial charge in [-0.15, -0.1) is 24.0 Å². The van der Waals surface area contributed by atoms with E-state index in [0.717, 1.165) is 36.1 Å². The molecule has 1 aromatic carbocycles. The van der Waals surface area contributed by atoms with Crippen molar-refractivity contribution in [2.45, 2.75) is 25.8 Å². The zero-order valence-electron chi connectivity index (χ0n) is 13.1. The van der Waals surface area contributed by atoms with Crippen molar-refractivity contribution in [2.75, 3.05) is 33.2 Å². The van der Waals surface area contributed by atoms with Gasteiger partial charge in [-0.1, -0.05) is 23.7 Å². The Labute approximate surface area is 155 Å². The van der Waals surface area contributed by atoms with Crippen LogP contribution in [0.4, 0.5) is 0 Å². The molecule has 1 fully saturated rings. The molecule has 124 valence electrons. The Morgan fingerprint density at radius 1 is 1.27 bits per heavy atom. The molecule has 1 aliphatic rings. The average molecular weight is 437 g/mol. The SMILES string of the molecule is CN=C(NCCCN1CCCC1)NCc1cccc(Cl)c1.I. The van der Waals surface area contributed by atoms with Gasteiger partial charge in [0.05, 0.1) is 0 Å². The summed E-state index contributed by atoms with van der Waals surface area (Å²) in [4.78, 5) is 6.77. The van der Waals surface area contributed by atoms with Crippen molar-refractivity contribution < 1.29 is 0 Å². The van der Waals surface area contributed by atoms with Crippen molar-refractivity contribution in [3.63, 3.8) is 0 Å². The highest BCUT2D eigenvalue weighted by Gasteiger charge is 2.10. The lowest BCUT2D eigenvalue weighted by molar-refractivity contribution is 0.334. The second-order valence-electron chi connectivity index (χ2n) is 5.38. The predicted molar refractivity (Wildman–Crippen MR) is 105 cm³/mol. The van der Waals surface area contributed by atoms with Crippen LogP contribution < -0.4 is 10.6 Å². The van der Waals surface area contributed by atoms with E-state index in [-0.39, 0.29) is 24.0 Å². The predicted octanol–water partition coefficient (Wildman–Crippen LogP) is 3.11. The second kappa shape index (κ2) is 11.1. The number of benzene rings is 1. The van der Waals surface area contributed by atoms with E-state index in [9.17, 15) is 0 Å².